The van der Waals surface area contributed by atoms with Crippen LogP contribution in [0.1, 0.15) is 96.5 Å². The smallest absolute Gasteiger partial charge is 0.204 e. The number of piperazine rings is 1. The number of aliphatic hydroxyl groups excluding tert-OH is 1. The number of aliphatic imine (C=N–C) groups is 1. The number of allylic oxidation sites excluding steroid dienone is 1. The number of benzene rings is 2. The second-order valence-electron chi connectivity index (χ2n) is 14.1. The molecule has 2 aliphatic heterocycles. The second kappa shape index (κ2) is 21.4. The van der Waals surface area contributed by atoms with Crippen LogP contribution in [0, 0.1) is 5.82 Å². The maximum atomic E-state index is 15.4. The minimum absolute atomic E-state index is 0.0484. The van der Waals surface area contributed by atoms with E-state index in [4.69, 9.17) is 4.74 Å². The van der Waals surface area contributed by atoms with Crippen molar-refractivity contribution >= 4 is 39.1 Å². The molecule has 1 unspecified atom stereocenters. The van der Waals surface area contributed by atoms with Crippen molar-refractivity contribution in [3.63, 3.8) is 0 Å². The van der Waals surface area contributed by atoms with Crippen LogP contribution >= 0.6 is 0 Å². The molecule has 2 aliphatic rings. The maximum Gasteiger partial charge on any atom is 0.204 e. The average molecular weight is 761 g/mol. The molecule has 52 heavy (non-hydrogen) atoms. The molecular weight excluding hydrogens is 700 g/mol. The van der Waals surface area contributed by atoms with Gasteiger partial charge >= 0.3 is 0 Å². The van der Waals surface area contributed by atoms with E-state index < -0.39 is 26.8 Å². The molecule has 1 N–H and O–H groups in total. The lowest BCUT2D eigenvalue weighted by Crippen LogP contribution is -2.53. The fourth-order valence-corrected chi connectivity index (χ4v) is 9.29. The van der Waals surface area contributed by atoms with Gasteiger partial charge in [-0.15, -0.1) is 0 Å². The van der Waals surface area contributed by atoms with Crippen LogP contribution in [0.15, 0.2) is 56.1 Å². The predicted octanol–water partition coefficient (Wildman–Crippen LogP) is 7.43. The van der Waals surface area contributed by atoms with Crippen molar-refractivity contribution in [2.75, 3.05) is 65.3 Å². The lowest BCUT2D eigenvalue weighted by molar-refractivity contribution is 0.0620. The third kappa shape index (κ3) is 11.8. The number of sulfone groups is 1. The molecule has 9 nitrogen and oxygen atoms in total. The van der Waals surface area contributed by atoms with Gasteiger partial charge in [0, 0.05) is 63.5 Å². The molecule has 290 valence electrons. The Balaban J connectivity index is 1.49. The molecule has 0 aliphatic carbocycles. The van der Waals surface area contributed by atoms with Gasteiger partial charge in [0.2, 0.25) is 9.84 Å². The highest BCUT2D eigenvalue weighted by Gasteiger charge is 2.33. The summed E-state index contributed by atoms with van der Waals surface area (Å²) in [7, 11) is -4.16. The number of piperidine rings is 1. The zero-order valence-electron chi connectivity index (χ0n) is 31.7. The lowest BCUT2D eigenvalue weighted by atomic mass is 9.99. The van der Waals surface area contributed by atoms with Gasteiger partial charge in [-0.3, -0.25) is 14.8 Å². The Labute approximate surface area is 315 Å². The summed E-state index contributed by atoms with van der Waals surface area (Å²) in [5.41, 5.74) is 1.50. The maximum absolute atomic E-state index is 15.4. The molecule has 12 heteroatoms. The van der Waals surface area contributed by atoms with Crippen molar-refractivity contribution in [1.82, 2.24) is 14.7 Å². The molecule has 2 aromatic rings. The summed E-state index contributed by atoms with van der Waals surface area (Å²) in [5, 5.41) is 9.32. The van der Waals surface area contributed by atoms with Crippen molar-refractivity contribution in [3.8, 4) is 5.75 Å². The van der Waals surface area contributed by atoms with Crippen LogP contribution in [0.4, 0.5) is 10.1 Å². The van der Waals surface area contributed by atoms with Crippen LogP contribution in [0.3, 0.4) is 0 Å². The third-order valence-corrected chi connectivity index (χ3v) is 13.3. The summed E-state index contributed by atoms with van der Waals surface area (Å²) in [6.07, 6.45) is 15.2. The van der Waals surface area contributed by atoms with Gasteiger partial charge in [0.25, 0.3) is 0 Å². The normalized spacial score (nSPS) is 17.6. The fourth-order valence-electron chi connectivity index (χ4n) is 7.39. The molecule has 0 radical (unpaired) electrons. The van der Waals surface area contributed by atoms with Gasteiger partial charge in [0.05, 0.1) is 34.4 Å². The standard InChI is InChI=1S/C40H61FN4O5S2/c1-5-6-7-8-9-10-11-12-13-14-29-50-39-18-16-35(31-37(39)41)52(48,49)32(2)40(36-30-34(51(4)47)15-17-38(36)42-3)45-21-19-33(20-22-45)44-25-23-43(24-26-44)27-28-46/h15-18,30-31,33,46H,3,5-14,19-29H2,1-2,4H3/b40-32-. The van der Waals surface area contributed by atoms with Crippen LogP contribution in [0.25, 0.3) is 5.70 Å². The summed E-state index contributed by atoms with van der Waals surface area (Å²) in [4.78, 5) is 11.5. The Bertz CT molecular complexity index is 1550. The monoisotopic (exact) mass is 760 g/mol. The first-order valence-corrected chi connectivity index (χ1v) is 22.3. The van der Waals surface area contributed by atoms with Gasteiger partial charge in [-0.2, -0.15) is 0 Å². The van der Waals surface area contributed by atoms with Crippen LogP contribution in [-0.4, -0.2) is 111 Å². The first-order valence-electron chi connectivity index (χ1n) is 19.3. The van der Waals surface area contributed by atoms with Crippen molar-refractivity contribution in [2.45, 2.75) is 107 Å². The van der Waals surface area contributed by atoms with Gasteiger partial charge < -0.3 is 19.3 Å². The second-order valence-corrected chi connectivity index (χ2v) is 17.6. The van der Waals surface area contributed by atoms with E-state index in [1.807, 2.05) is 0 Å². The molecular formula is C40H61FN4O5S2. The van der Waals surface area contributed by atoms with Gasteiger partial charge in [-0.05, 0) is 74.4 Å². The highest BCUT2D eigenvalue weighted by Crippen LogP contribution is 2.38. The van der Waals surface area contributed by atoms with E-state index >= 15 is 4.39 Å². The Hall–Kier alpha value is -2.48. The molecule has 2 heterocycles. The largest absolute Gasteiger partial charge is 0.612 e. The molecule has 0 aromatic heterocycles. The number of hydrogen-bond acceptors (Lipinski definition) is 9. The molecule has 0 amide bonds. The highest BCUT2D eigenvalue weighted by molar-refractivity contribution is 7.95. The van der Waals surface area contributed by atoms with E-state index in [9.17, 15) is 18.1 Å². The van der Waals surface area contributed by atoms with Crippen LogP contribution in [0.5, 0.6) is 5.75 Å². The van der Waals surface area contributed by atoms with E-state index in [-0.39, 0.29) is 22.2 Å². The number of ether oxygens (including phenoxy) is 1. The molecule has 0 bridgehead atoms. The van der Waals surface area contributed by atoms with Crippen molar-refractivity contribution in [1.29, 1.82) is 0 Å². The van der Waals surface area contributed by atoms with E-state index in [1.165, 1.54) is 57.1 Å². The van der Waals surface area contributed by atoms with Gasteiger partial charge in [0.1, 0.15) is 6.26 Å². The van der Waals surface area contributed by atoms with Crippen LogP contribution in [-0.2, 0) is 21.0 Å². The SMILES string of the molecule is C=Nc1ccc([S+](C)[O-])cc1/C(=C(\C)S(=O)(=O)c1ccc(OCCCCCCCCCCCC)c(F)c1)N1CCC(N2CCN(CCO)CC2)CC1. The minimum Gasteiger partial charge on any atom is -0.612 e. The first-order chi connectivity index (χ1) is 25.1. The van der Waals surface area contributed by atoms with Crippen LogP contribution in [0.2, 0.25) is 0 Å². The number of halogens is 1. The predicted molar refractivity (Wildman–Crippen MR) is 211 cm³/mol. The molecule has 2 fully saturated rings. The Morgan fingerprint density at radius 1 is 0.962 bits per heavy atom. The summed E-state index contributed by atoms with van der Waals surface area (Å²) in [6.45, 7) is 13.7. The Morgan fingerprint density at radius 3 is 2.17 bits per heavy atom. The number of unbranched alkanes of at least 4 members (excludes halogenated alkanes) is 9. The summed E-state index contributed by atoms with van der Waals surface area (Å²) in [6, 6.07) is 9.42. The van der Waals surface area contributed by atoms with Gasteiger partial charge in [-0.25, -0.2) is 12.8 Å². The highest BCUT2D eigenvalue weighted by atomic mass is 32.2. The molecule has 2 aromatic carbocycles. The number of aliphatic hydroxyl groups is 1. The lowest BCUT2D eigenvalue weighted by Gasteiger charge is -2.44. The van der Waals surface area contributed by atoms with E-state index in [0.717, 1.165) is 64.3 Å². The topological polar surface area (TPSA) is 109 Å². The van der Waals surface area contributed by atoms with Crippen molar-refractivity contribution in [3.05, 3.63) is 52.7 Å². The van der Waals surface area contributed by atoms with Gasteiger partial charge in [0.15, 0.2) is 16.5 Å². The number of likely N-dealkylation sites (tertiary alicyclic amines) is 1. The van der Waals surface area contributed by atoms with Gasteiger partial charge in [-0.1, -0.05) is 64.7 Å². The summed E-state index contributed by atoms with van der Waals surface area (Å²) in [5.74, 6) is -0.661. The Morgan fingerprint density at radius 2 is 1.60 bits per heavy atom. The number of hydrogen-bond donors (Lipinski definition) is 1. The summed E-state index contributed by atoms with van der Waals surface area (Å²) < 4.78 is 62.3. The van der Waals surface area contributed by atoms with Crippen molar-refractivity contribution < 1.29 is 27.2 Å². The number of β-amino-alcohol motifs (C(OH)–C–C–N with tert-alkyl or cyclic N) is 1. The quantitative estimate of drug-likeness (QED) is 0.0796. The zero-order chi connectivity index (χ0) is 37.5. The molecule has 2 saturated heterocycles. The molecule has 1 atom stereocenters. The van der Waals surface area contributed by atoms with E-state index in [2.05, 4.69) is 33.3 Å². The van der Waals surface area contributed by atoms with E-state index in [0.29, 0.717) is 54.1 Å². The number of nitrogens with zero attached hydrogens (tertiary/aromatic N) is 4. The van der Waals surface area contributed by atoms with E-state index in [1.54, 1.807) is 31.4 Å². The molecule has 0 spiro atoms. The minimum atomic E-state index is -4.16. The molecule has 4 rings (SSSR count). The third-order valence-electron chi connectivity index (χ3n) is 10.6. The fraction of sp³-hybridized carbons (Fsp3) is 0.625. The summed E-state index contributed by atoms with van der Waals surface area (Å²) >= 11 is -1.31. The van der Waals surface area contributed by atoms with Crippen LogP contribution < -0.4 is 4.74 Å². The Kier molecular flexibility index (Phi) is 17.4. The van der Waals surface area contributed by atoms with Crippen molar-refractivity contribution in [2.24, 2.45) is 4.99 Å². The first kappa shape index (κ1) is 42.3. The average Bonchev–Trinajstić information content (AvgIpc) is 3.15. The number of rotatable bonds is 21. The zero-order valence-corrected chi connectivity index (χ0v) is 33.3. The molecule has 0 saturated carbocycles.